The number of aromatic hydroxyl groups is 1. The molecule has 0 radical (unpaired) electrons. The Kier molecular flexibility index (Phi) is 4.90. The third-order valence-electron chi connectivity index (χ3n) is 3.91. The Morgan fingerprint density at radius 1 is 1.26 bits per heavy atom. The molecule has 7 heteroatoms. The number of carbonyl (C=O) groups excluding carboxylic acids is 2. The van der Waals surface area contributed by atoms with Gasteiger partial charge in [0, 0.05) is 34.4 Å². The number of nitriles is 1. The van der Waals surface area contributed by atoms with Gasteiger partial charge in [-0.2, -0.15) is 5.26 Å². The molecule has 7 nitrogen and oxygen atoms in total. The summed E-state index contributed by atoms with van der Waals surface area (Å²) >= 11 is 0. The van der Waals surface area contributed by atoms with E-state index in [1.807, 2.05) is 6.07 Å². The number of aromatic nitrogens is 1. The zero-order valence-electron chi connectivity index (χ0n) is 14.3. The maximum absolute atomic E-state index is 12.4. The van der Waals surface area contributed by atoms with Crippen LogP contribution in [0.5, 0.6) is 5.75 Å². The molecule has 2 aromatic carbocycles. The van der Waals surface area contributed by atoms with Crippen LogP contribution < -0.4 is 5.32 Å². The molecule has 1 amide bonds. The van der Waals surface area contributed by atoms with E-state index in [0.29, 0.717) is 27.7 Å². The molecule has 3 rings (SSSR count). The van der Waals surface area contributed by atoms with Gasteiger partial charge in [-0.25, -0.2) is 4.79 Å². The highest BCUT2D eigenvalue weighted by molar-refractivity contribution is 6.12. The number of benzene rings is 2. The average molecular weight is 361 g/mol. The Morgan fingerprint density at radius 3 is 2.74 bits per heavy atom. The number of esters is 1. The second-order valence-corrected chi connectivity index (χ2v) is 5.64. The van der Waals surface area contributed by atoms with Gasteiger partial charge in [-0.1, -0.05) is 12.1 Å². The number of phenols is 1. The van der Waals surface area contributed by atoms with E-state index in [1.165, 1.54) is 25.3 Å². The molecule has 0 aliphatic carbocycles. The fourth-order valence-corrected chi connectivity index (χ4v) is 2.69. The molecule has 0 bridgehead atoms. The van der Waals surface area contributed by atoms with E-state index in [9.17, 15) is 20.0 Å². The van der Waals surface area contributed by atoms with Crippen molar-refractivity contribution in [2.75, 3.05) is 12.4 Å². The van der Waals surface area contributed by atoms with E-state index in [0.717, 1.165) is 0 Å². The number of nitrogens with one attached hydrogen (secondary N) is 2. The average Bonchev–Trinajstić information content (AvgIpc) is 3.08. The topological polar surface area (TPSA) is 115 Å². The predicted molar refractivity (Wildman–Crippen MR) is 100.0 cm³/mol. The lowest BCUT2D eigenvalue weighted by atomic mass is 10.0. The largest absolute Gasteiger partial charge is 0.508 e. The van der Waals surface area contributed by atoms with Crippen molar-refractivity contribution in [3.8, 4) is 11.8 Å². The number of H-pyrrole nitrogens is 1. The van der Waals surface area contributed by atoms with Crippen LogP contribution in [0.4, 0.5) is 5.69 Å². The Bertz CT molecular complexity index is 1110. The van der Waals surface area contributed by atoms with Crippen molar-refractivity contribution < 1.29 is 19.4 Å². The third kappa shape index (κ3) is 3.65. The van der Waals surface area contributed by atoms with E-state index < -0.39 is 11.9 Å². The van der Waals surface area contributed by atoms with Crippen LogP contribution in [-0.4, -0.2) is 29.1 Å². The first-order chi connectivity index (χ1) is 13.0. The van der Waals surface area contributed by atoms with Gasteiger partial charge in [-0.05, 0) is 30.3 Å². The Balaban J connectivity index is 2.00. The van der Waals surface area contributed by atoms with Gasteiger partial charge in [0.15, 0.2) is 0 Å². The van der Waals surface area contributed by atoms with Crippen molar-refractivity contribution in [3.63, 3.8) is 0 Å². The molecule has 0 unspecified atom stereocenters. The molecule has 1 heterocycles. The molecule has 0 atom stereocenters. The quantitative estimate of drug-likeness (QED) is 0.375. The van der Waals surface area contributed by atoms with Gasteiger partial charge in [0.2, 0.25) is 0 Å². The summed E-state index contributed by atoms with van der Waals surface area (Å²) in [6, 6.07) is 13.0. The molecule has 1 aromatic heterocycles. The van der Waals surface area contributed by atoms with Gasteiger partial charge in [-0.15, -0.1) is 0 Å². The summed E-state index contributed by atoms with van der Waals surface area (Å²) in [5.74, 6) is -1.15. The van der Waals surface area contributed by atoms with E-state index >= 15 is 0 Å². The summed E-state index contributed by atoms with van der Waals surface area (Å²) in [5, 5.41) is 22.0. The number of anilines is 1. The van der Waals surface area contributed by atoms with E-state index in [-0.39, 0.29) is 11.3 Å². The van der Waals surface area contributed by atoms with Gasteiger partial charge in [0.05, 0.1) is 12.7 Å². The molecular weight excluding hydrogens is 346 g/mol. The minimum absolute atomic E-state index is 0.00497. The maximum atomic E-state index is 12.4. The van der Waals surface area contributed by atoms with Crippen molar-refractivity contribution >= 4 is 34.5 Å². The van der Waals surface area contributed by atoms with Gasteiger partial charge in [0.25, 0.3) is 5.91 Å². The van der Waals surface area contributed by atoms with Crippen LogP contribution in [-0.2, 0) is 9.53 Å². The first-order valence-electron chi connectivity index (χ1n) is 7.94. The molecule has 0 aliphatic heterocycles. The van der Waals surface area contributed by atoms with Gasteiger partial charge in [0.1, 0.15) is 17.4 Å². The highest BCUT2D eigenvalue weighted by atomic mass is 16.5. The van der Waals surface area contributed by atoms with Crippen LogP contribution in [0.15, 0.2) is 54.2 Å². The van der Waals surface area contributed by atoms with Crippen LogP contribution in [0.2, 0.25) is 0 Å². The van der Waals surface area contributed by atoms with Crippen molar-refractivity contribution in [2.45, 2.75) is 0 Å². The van der Waals surface area contributed by atoms with Crippen LogP contribution in [0.3, 0.4) is 0 Å². The summed E-state index contributed by atoms with van der Waals surface area (Å²) in [5.41, 5.74) is 1.71. The minimum Gasteiger partial charge on any atom is -0.508 e. The second kappa shape index (κ2) is 7.45. The lowest BCUT2D eigenvalue weighted by Crippen LogP contribution is -2.13. The van der Waals surface area contributed by atoms with Crippen LogP contribution in [0, 0.1) is 11.3 Å². The Hall–Kier alpha value is -4.05. The highest BCUT2D eigenvalue weighted by Gasteiger charge is 2.16. The zero-order chi connectivity index (χ0) is 19.4. The number of rotatable bonds is 4. The molecular formula is C20H15N3O4. The summed E-state index contributed by atoms with van der Waals surface area (Å²) < 4.78 is 4.80. The molecule has 0 saturated carbocycles. The fraction of sp³-hybridized carbons (Fsp3) is 0.0500. The monoisotopic (exact) mass is 361 g/mol. The smallest absolute Gasteiger partial charge is 0.338 e. The van der Waals surface area contributed by atoms with Crippen molar-refractivity contribution in [2.24, 2.45) is 0 Å². The molecule has 3 N–H and O–H groups in total. The normalized spacial score (nSPS) is 11.0. The predicted octanol–water partition coefficient (Wildman–Crippen LogP) is 3.21. The zero-order valence-corrected chi connectivity index (χ0v) is 14.3. The maximum Gasteiger partial charge on any atom is 0.338 e. The van der Waals surface area contributed by atoms with Gasteiger partial charge >= 0.3 is 5.97 Å². The standard InChI is InChI=1S/C20H15N3O4/c1-27-20(26)16-6-3-7-17-18(16)13(11-22-17)8-12(10-21)19(25)23-14-4-2-5-15(24)9-14/h2-9,11,22,24H,1H3,(H,23,25)/b12-8+. The summed E-state index contributed by atoms with van der Waals surface area (Å²) in [4.78, 5) is 27.4. The number of aromatic amines is 1. The number of amides is 1. The molecule has 0 fully saturated rings. The second-order valence-electron chi connectivity index (χ2n) is 5.64. The van der Waals surface area contributed by atoms with Crippen LogP contribution >= 0.6 is 0 Å². The summed E-state index contributed by atoms with van der Waals surface area (Å²) in [7, 11) is 1.28. The molecule has 0 spiro atoms. The van der Waals surface area contributed by atoms with Gasteiger partial charge in [-0.3, -0.25) is 4.79 Å². The van der Waals surface area contributed by atoms with E-state index in [1.54, 1.807) is 36.5 Å². The van der Waals surface area contributed by atoms with Crippen molar-refractivity contribution in [1.29, 1.82) is 5.26 Å². The van der Waals surface area contributed by atoms with Crippen LogP contribution in [0.1, 0.15) is 15.9 Å². The number of fused-ring (bicyclic) bond motifs is 1. The van der Waals surface area contributed by atoms with Gasteiger partial charge < -0.3 is 20.1 Å². The van der Waals surface area contributed by atoms with Crippen molar-refractivity contribution in [1.82, 2.24) is 4.98 Å². The first-order valence-corrected chi connectivity index (χ1v) is 7.94. The summed E-state index contributed by atoms with van der Waals surface area (Å²) in [6.07, 6.45) is 3.00. The highest BCUT2D eigenvalue weighted by Crippen LogP contribution is 2.26. The lowest BCUT2D eigenvalue weighted by Gasteiger charge is -2.05. The molecule has 3 aromatic rings. The van der Waals surface area contributed by atoms with E-state index in [2.05, 4.69) is 10.3 Å². The number of hydrogen-bond donors (Lipinski definition) is 3. The Labute approximate surface area is 154 Å². The van der Waals surface area contributed by atoms with Crippen LogP contribution in [0.25, 0.3) is 17.0 Å². The fourth-order valence-electron chi connectivity index (χ4n) is 2.69. The Morgan fingerprint density at radius 2 is 2.04 bits per heavy atom. The molecule has 27 heavy (non-hydrogen) atoms. The molecule has 0 aliphatic rings. The van der Waals surface area contributed by atoms with E-state index in [4.69, 9.17) is 4.74 Å². The third-order valence-corrected chi connectivity index (χ3v) is 3.91. The molecule has 134 valence electrons. The summed E-state index contributed by atoms with van der Waals surface area (Å²) in [6.45, 7) is 0. The number of phenolic OH excluding ortho intramolecular Hbond substituents is 1. The number of methoxy groups -OCH3 is 1. The minimum atomic E-state index is -0.631. The molecule has 0 saturated heterocycles. The number of nitrogens with zero attached hydrogens (tertiary/aromatic N) is 1. The number of carbonyl (C=O) groups is 2. The number of hydrogen-bond acceptors (Lipinski definition) is 5. The van der Waals surface area contributed by atoms with Crippen molar-refractivity contribution in [3.05, 3.63) is 65.4 Å². The lowest BCUT2D eigenvalue weighted by molar-refractivity contribution is -0.112. The first kappa shape index (κ1) is 17.8. The number of ether oxygens (including phenoxy) is 1. The SMILES string of the molecule is COC(=O)c1cccc2[nH]cc(/C=C(\C#N)C(=O)Nc3cccc(O)c3)c12.